The van der Waals surface area contributed by atoms with Crippen molar-refractivity contribution in [1.82, 2.24) is 31.9 Å². The van der Waals surface area contributed by atoms with Crippen LogP contribution in [-0.2, 0) is 26.2 Å². The minimum absolute atomic E-state index is 0.0858. The van der Waals surface area contributed by atoms with Crippen LogP contribution >= 0.6 is 0 Å². The number of hydrogen-bond donors (Lipinski definition) is 6. The number of carbonyl (C=O) groups is 5. The van der Waals surface area contributed by atoms with Crippen LogP contribution in [0.5, 0.6) is 0 Å². The van der Waals surface area contributed by atoms with Gasteiger partial charge in [-0.15, -0.1) is 0 Å². The highest BCUT2D eigenvalue weighted by atomic mass is 16.2. The maximum atomic E-state index is 13.3. The molecule has 1 rings (SSSR count). The van der Waals surface area contributed by atoms with Crippen molar-refractivity contribution < 1.29 is 28.5 Å². The van der Waals surface area contributed by atoms with Crippen molar-refractivity contribution in [2.45, 2.75) is 105 Å². The summed E-state index contributed by atoms with van der Waals surface area (Å²) in [4.78, 5) is 64.5. The maximum Gasteiger partial charge on any atom is 0.252 e. The third-order valence-corrected chi connectivity index (χ3v) is 7.54. The summed E-state index contributed by atoms with van der Waals surface area (Å²) < 4.78 is 1.81. The van der Waals surface area contributed by atoms with E-state index in [1.54, 1.807) is 38.4 Å². The van der Waals surface area contributed by atoms with Crippen LogP contribution in [0.3, 0.4) is 0 Å². The molecule has 0 saturated heterocycles. The molecule has 1 aromatic rings. The summed E-state index contributed by atoms with van der Waals surface area (Å²) in [5, 5.41) is 17.3. The standard InChI is InChI=1S/C32H55N7O5/c1-11-21(7)27(38-30(42)24-13-15-39(10)16-14-24)32(44)35-23(9)29(41)36-25(17-19(3)4)18-34-22(8)28(40)37-26(20(5)6)31(43)33-12-2/h13-16,19-23,25-27,34H,11-12,17-18H2,1-10H3,(H4-,33,35,36,37,38,40,41,42,43,44)/p+1/t21-,22-,23-,25?,26?,27?/m0/s1. The van der Waals surface area contributed by atoms with Crippen molar-refractivity contribution in [3.63, 3.8) is 0 Å². The largest absolute Gasteiger partial charge is 0.355 e. The number of amides is 5. The summed E-state index contributed by atoms with van der Waals surface area (Å²) in [5.74, 6) is -1.71. The number of hydrogen-bond acceptors (Lipinski definition) is 6. The Balaban J connectivity index is 2.84. The van der Waals surface area contributed by atoms with Gasteiger partial charge in [0.1, 0.15) is 25.2 Å². The Kier molecular flexibility index (Phi) is 16.6. The number of aryl methyl sites for hydroxylation is 1. The zero-order chi connectivity index (χ0) is 33.6. The van der Waals surface area contributed by atoms with E-state index in [1.165, 1.54) is 0 Å². The van der Waals surface area contributed by atoms with Gasteiger partial charge in [0, 0.05) is 31.3 Å². The Morgan fingerprint density at radius 3 is 1.84 bits per heavy atom. The fourth-order valence-corrected chi connectivity index (χ4v) is 4.55. The molecule has 12 nitrogen and oxygen atoms in total. The molecule has 6 N–H and O–H groups in total. The highest BCUT2D eigenvalue weighted by Gasteiger charge is 2.30. The minimum Gasteiger partial charge on any atom is -0.355 e. The number of nitrogens with one attached hydrogen (secondary N) is 6. The molecular weight excluding hydrogens is 562 g/mol. The molecule has 12 heteroatoms. The van der Waals surface area contributed by atoms with Gasteiger partial charge in [-0.25, -0.2) is 4.57 Å². The molecule has 1 heterocycles. The lowest BCUT2D eigenvalue weighted by Gasteiger charge is -2.28. The van der Waals surface area contributed by atoms with E-state index in [9.17, 15) is 24.0 Å². The summed E-state index contributed by atoms with van der Waals surface area (Å²) in [6, 6.07) is 0.0978. The molecule has 0 spiro atoms. The van der Waals surface area contributed by atoms with E-state index < -0.39 is 30.1 Å². The first-order valence-corrected chi connectivity index (χ1v) is 15.8. The zero-order valence-electron chi connectivity index (χ0n) is 28.2. The number of nitrogens with zero attached hydrogens (tertiary/aromatic N) is 1. The average molecular weight is 619 g/mol. The van der Waals surface area contributed by atoms with Crippen molar-refractivity contribution >= 4 is 29.5 Å². The van der Waals surface area contributed by atoms with Gasteiger partial charge in [0.25, 0.3) is 5.91 Å². The van der Waals surface area contributed by atoms with E-state index in [2.05, 4.69) is 31.9 Å². The molecule has 0 aromatic carbocycles. The third-order valence-electron chi connectivity index (χ3n) is 7.54. The van der Waals surface area contributed by atoms with Crippen LogP contribution in [0, 0.1) is 17.8 Å². The smallest absolute Gasteiger partial charge is 0.252 e. The fourth-order valence-electron chi connectivity index (χ4n) is 4.55. The van der Waals surface area contributed by atoms with Crippen molar-refractivity contribution in [2.75, 3.05) is 13.1 Å². The topological polar surface area (TPSA) is 161 Å². The second kappa shape index (κ2) is 19.0. The summed E-state index contributed by atoms with van der Waals surface area (Å²) >= 11 is 0. The molecule has 5 amide bonds. The van der Waals surface area contributed by atoms with Crippen molar-refractivity contribution in [3.05, 3.63) is 30.1 Å². The summed E-state index contributed by atoms with van der Waals surface area (Å²) in [6.07, 6.45) is 4.80. The zero-order valence-corrected chi connectivity index (χ0v) is 28.2. The molecule has 0 aliphatic carbocycles. The Bertz CT molecular complexity index is 1090. The van der Waals surface area contributed by atoms with Crippen molar-refractivity contribution in [3.8, 4) is 0 Å². The molecule has 248 valence electrons. The number of aromatic nitrogens is 1. The average Bonchev–Trinajstić information content (AvgIpc) is 2.96. The molecule has 0 aliphatic heterocycles. The lowest BCUT2D eigenvalue weighted by Crippen LogP contribution is -2.57. The van der Waals surface area contributed by atoms with Crippen LogP contribution in [0.1, 0.15) is 85.5 Å². The quantitative estimate of drug-likeness (QED) is 0.134. The Morgan fingerprint density at radius 1 is 0.727 bits per heavy atom. The first kappa shape index (κ1) is 38.5. The van der Waals surface area contributed by atoms with Gasteiger partial charge in [0.15, 0.2) is 12.4 Å². The third kappa shape index (κ3) is 13.0. The molecule has 6 atom stereocenters. The van der Waals surface area contributed by atoms with Gasteiger partial charge in [-0.3, -0.25) is 24.0 Å². The van der Waals surface area contributed by atoms with Crippen LogP contribution in [-0.4, -0.2) is 72.8 Å². The predicted octanol–water partition coefficient (Wildman–Crippen LogP) is 0.946. The van der Waals surface area contributed by atoms with Crippen LogP contribution in [0.4, 0.5) is 0 Å². The minimum atomic E-state index is -0.860. The van der Waals surface area contributed by atoms with Gasteiger partial charge >= 0.3 is 0 Å². The van der Waals surface area contributed by atoms with Crippen LogP contribution in [0.15, 0.2) is 24.5 Å². The van der Waals surface area contributed by atoms with Crippen LogP contribution < -0.4 is 36.5 Å². The first-order chi connectivity index (χ1) is 20.6. The molecule has 44 heavy (non-hydrogen) atoms. The van der Waals surface area contributed by atoms with Crippen LogP contribution in [0.25, 0.3) is 0 Å². The molecule has 0 radical (unpaired) electrons. The Hall–Kier alpha value is -3.54. The van der Waals surface area contributed by atoms with E-state index in [1.807, 2.05) is 60.1 Å². The summed E-state index contributed by atoms with van der Waals surface area (Å²) in [7, 11) is 1.85. The monoisotopic (exact) mass is 618 g/mol. The van der Waals surface area contributed by atoms with Gasteiger partial charge in [-0.05, 0) is 44.9 Å². The summed E-state index contributed by atoms with van der Waals surface area (Å²) in [6.45, 7) is 17.5. The fraction of sp³-hybridized carbons (Fsp3) is 0.688. The lowest BCUT2D eigenvalue weighted by atomic mass is 9.97. The summed E-state index contributed by atoms with van der Waals surface area (Å²) in [5.41, 5.74) is 0.436. The molecule has 0 bridgehead atoms. The van der Waals surface area contributed by atoms with E-state index in [4.69, 9.17) is 0 Å². The normalized spacial score (nSPS) is 15.4. The second-order valence-electron chi connectivity index (χ2n) is 12.4. The van der Waals surface area contributed by atoms with E-state index in [0.29, 0.717) is 31.5 Å². The lowest BCUT2D eigenvalue weighted by molar-refractivity contribution is -0.671. The second-order valence-corrected chi connectivity index (χ2v) is 12.4. The first-order valence-electron chi connectivity index (χ1n) is 15.8. The number of pyridine rings is 1. The van der Waals surface area contributed by atoms with E-state index in [0.717, 1.165) is 0 Å². The van der Waals surface area contributed by atoms with Crippen molar-refractivity contribution in [1.29, 1.82) is 0 Å². The molecule has 0 aliphatic rings. The number of carbonyl (C=O) groups excluding carboxylic acids is 5. The van der Waals surface area contributed by atoms with Crippen LogP contribution in [0.2, 0.25) is 0 Å². The predicted molar refractivity (Wildman–Crippen MR) is 170 cm³/mol. The van der Waals surface area contributed by atoms with E-state index >= 15 is 0 Å². The number of rotatable bonds is 18. The maximum absolute atomic E-state index is 13.3. The molecule has 0 saturated carbocycles. The molecule has 1 aromatic heterocycles. The molecular formula is C32H56N7O5+. The molecule has 3 unspecified atom stereocenters. The van der Waals surface area contributed by atoms with Gasteiger partial charge in [-0.2, -0.15) is 0 Å². The SMILES string of the molecule is CCNC(=O)C(NC(=O)[C@H](C)NCC(CC(C)C)NC(=O)[C@H](C)NC(=O)C(NC(=O)c1cc[n+](C)cc1)[C@@H](C)CC)C(C)C. The van der Waals surface area contributed by atoms with Gasteiger partial charge in [0.05, 0.1) is 11.6 Å². The Morgan fingerprint density at radius 2 is 1.32 bits per heavy atom. The van der Waals surface area contributed by atoms with Gasteiger partial charge in [0.2, 0.25) is 23.6 Å². The highest BCUT2D eigenvalue weighted by molar-refractivity contribution is 5.98. The molecule has 0 fully saturated rings. The number of likely N-dealkylation sites (N-methyl/N-ethyl adjacent to an activating group) is 1. The van der Waals surface area contributed by atoms with E-state index in [-0.39, 0.29) is 47.4 Å². The van der Waals surface area contributed by atoms with Gasteiger partial charge < -0.3 is 31.9 Å². The Labute approximate surface area is 263 Å². The van der Waals surface area contributed by atoms with Gasteiger partial charge in [-0.1, -0.05) is 48.0 Å². The van der Waals surface area contributed by atoms with Crippen molar-refractivity contribution in [2.24, 2.45) is 24.8 Å². The highest BCUT2D eigenvalue weighted by Crippen LogP contribution is 2.11.